The van der Waals surface area contributed by atoms with Gasteiger partial charge in [0.2, 0.25) is 0 Å². The Morgan fingerprint density at radius 3 is 2.35 bits per heavy atom. The fraction of sp³-hybridized carbons (Fsp3) is 0.278. The van der Waals surface area contributed by atoms with Gasteiger partial charge in [0.05, 0.1) is 4.90 Å². The summed E-state index contributed by atoms with van der Waals surface area (Å²) in [5.74, 6) is 0.743. The van der Waals surface area contributed by atoms with Crippen molar-refractivity contribution in [2.75, 3.05) is 20.4 Å². The lowest BCUT2D eigenvalue weighted by Gasteiger charge is -2.22. The van der Waals surface area contributed by atoms with Crippen LogP contribution in [0.15, 0.2) is 58.4 Å². The number of nitrogens with zero attached hydrogens (tertiary/aromatic N) is 2. The van der Waals surface area contributed by atoms with Crippen molar-refractivity contribution in [3.8, 4) is 0 Å². The highest BCUT2D eigenvalue weighted by atomic mass is 127. The third-order valence-electron chi connectivity index (χ3n) is 3.68. The molecule has 0 aromatic heterocycles. The highest BCUT2D eigenvalue weighted by molar-refractivity contribution is 14.0. The molecule has 0 aliphatic rings. The van der Waals surface area contributed by atoms with Crippen LogP contribution in [0.4, 0.5) is 0 Å². The summed E-state index contributed by atoms with van der Waals surface area (Å²) in [7, 11) is 0.503. The number of aliphatic imine (C=N–C) groups is 1. The summed E-state index contributed by atoms with van der Waals surface area (Å²) in [5.41, 5.74) is 2.07. The lowest BCUT2D eigenvalue weighted by molar-refractivity contribution is 0.476. The van der Waals surface area contributed by atoms with Gasteiger partial charge in [-0.25, -0.2) is 8.42 Å². The van der Waals surface area contributed by atoms with Gasteiger partial charge >= 0.3 is 0 Å². The molecule has 5 nitrogen and oxygen atoms in total. The monoisotopic (exact) mass is 507 g/mol. The van der Waals surface area contributed by atoms with E-state index in [0.717, 1.165) is 17.1 Å². The molecule has 26 heavy (non-hydrogen) atoms. The summed E-state index contributed by atoms with van der Waals surface area (Å²) in [5, 5.41) is 3.98. The zero-order chi connectivity index (χ0) is 18.4. The molecule has 8 heteroatoms. The molecule has 0 aliphatic heterocycles. The summed E-state index contributed by atoms with van der Waals surface area (Å²) >= 11 is 6.02. The van der Waals surface area contributed by atoms with E-state index >= 15 is 0 Å². The van der Waals surface area contributed by atoms with Crippen LogP contribution in [0, 0.1) is 0 Å². The van der Waals surface area contributed by atoms with Crippen molar-refractivity contribution in [2.24, 2.45) is 4.99 Å². The van der Waals surface area contributed by atoms with Crippen LogP contribution in [-0.4, -0.2) is 39.6 Å². The molecule has 0 amide bonds. The van der Waals surface area contributed by atoms with E-state index in [2.05, 4.69) is 10.3 Å². The van der Waals surface area contributed by atoms with E-state index in [1.807, 2.05) is 36.2 Å². The van der Waals surface area contributed by atoms with E-state index in [4.69, 9.17) is 11.6 Å². The highest BCUT2D eigenvalue weighted by Gasteiger charge is 2.09. The second kappa shape index (κ2) is 10.1. The van der Waals surface area contributed by atoms with Gasteiger partial charge in [-0.1, -0.05) is 35.9 Å². The number of guanidine groups is 1. The van der Waals surface area contributed by atoms with Gasteiger partial charge in [-0.2, -0.15) is 0 Å². The number of hydrogen-bond acceptors (Lipinski definition) is 3. The SMILES string of the molecule is CN=C(NCc1ccc(S(C)(=O)=O)cc1)N(C)Cc1cccc(Cl)c1.I. The second-order valence-electron chi connectivity index (χ2n) is 5.80. The molecule has 0 saturated heterocycles. The van der Waals surface area contributed by atoms with E-state index in [9.17, 15) is 8.42 Å². The van der Waals surface area contributed by atoms with Gasteiger partial charge in [0.15, 0.2) is 15.8 Å². The predicted octanol–water partition coefficient (Wildman–Crippen LogP) is 3.57. The predicted molar refractivity (Wildman–Crippen MR) is 118 cm³/mol. The van der Waals surface area contributed by atoms with E-state index in [0.29, 0.717) is 23.0 Å². The Labute approximate surface area is 177 Å². The molecule has 0 saturated carbocycles. The van der Waals surface area contributed by atoms with Crippen molar-refractivity contribution in [3.05, 3.63) is 64.7 Å². The Morgan fingerprint density at radius 1 is 1.15 bits per heavy atom. The van der Waals surface area contributed by atoms with Crippen molar-refractivity contribution < 1.29 is 8.42 Å². The second-order valence-corrected chi connectivity index (χ2v) is 8.26. The third kappa shape index (κ3) is 6.77. The first-order valence-corrected chi connectivity index (χ1v) is 10.0. The summed E-state index contributed by atoms with van der Waals surface area (Å²) in [6.45, 7) is 1.23. The summed E-state index contributed by atoms with van der Waals surface area (Å²) in [6.07, 6.45) is 1.20. The summed E-state index contributed by atoms with van der Waals surface area (Å²) in [6, 6.07) is 14.5. The molecule has 2 aromatic rings. The molecule has 0 unspecified atom stereocenters. The Kier molecular flexibility index (Phi) is 8.85. The van der Waals surface area contributed by atoms with Crippen molar-refractivity contribution in [3.63, 3.8) is 0 Å². The Hall–Kier alpha value is -1.32. The smallest absolute Gasteiger partial charge is 0.193 e. The van der Waals surface area contributed by atoms with Gasteiger partial charge in [0.25, 0.3) is 0 Å². The normalized spacial score (nSPS) is 11.6. The number of benzene rings is 2. The van der Waals surface area contributed by atoms with E-state index < -0.39 is 9.84 Å². The zero-order valence-electron chi connectivity index (χ0n) is 14.9. The minimum atomic E-state index is -3.17. The molecular formula is C18H23ClIN3O2S. The number of halogens is 2. The highest BCUT2D eigenvalue weighted by Crippen LogP contribution is 2.13. The van der Waals surface area contributed by atoms with Gasteiger partial charge < -0.3 is 10.2 Å². The maximum Gasteiger partial charge on any atom is 0.193 e. The first-order chi connectivity index (χ1) is 11.8. The molecule has 0 radical (unpaired) electrons. The molecule has 2 rings (SSSR count). The van der Waals surface area contributed by atoms with Crippen LogP contribution in [0.2, 0.25) is 5.02 Å². The van der Waals surface area contributed by atoms with E-state index in [1.165, 1.54) is 6.26 Å². The first kappa shape index (κ1) is 22.7. The largest absolute Gasteiger partial charge is 0.352 e. The molecule has 2 aromatic carbocycles. The fourth-order valence-corrected chi connectivity index (χ4v) is 3.25. The molecule has 0 aliphatic carbocycles. The fourth-order valence-electron chi connectivity index (χ4n) is 2.40. The lowest BCUT2D eigenvalue weighted by Crippen LogP contribution is -2.38. The molecule has 0 fully saturated rings. The van der Waals surface area contributed by atoms with Crippen LogP contribution in [0.25, 0.3) is 0 Å². The molecule has 0 heterocycles. The van der Waals surface area contributed by atoms with Gasteiger partial charge in [-0.15, -0.1) is 24.0 Å². The zero-order valence-corrected chi connectivity index (χ0v) is 18.8. The van der Waals surface area contributed by atoms with Crippen LogP contribution < -0.4 is 5.32 Å². The Bertz CT molecular complexity index is 855. The summed E-state index contributed by atoms with van der Waals surface area (Å²) in [4.78, 5) is 6.60. The number of nitrogens with one attached hydrogen (secondary N) is 1. The topological polar surface area (TPSA) is 61.8 Å². The van der Waals surface area contributed by atoms with Crippen LogP contribution in [0.5, 0.6) is 0 Å². The van der Waals surface area contributed by atoms with Crippen molar-refractivity contribution in [2.45, 2.75) is 18.0 Å². The molecule has 0 bridgehead atoms. The van der Waals surface area contributed by atoms with Crippen LogP contribution in [0.1, 0.15) is 11.1 Å². The molecule has 0 spiro atoms. The molecule has 0 atom stereocenters. The standard InChI is InChI=1S/C18H22ClN3O2S.HI/c1-20-18(22(2)13-15-5-4-6-16(19)11-15)21-12-14-7-9-17(10-8-14)25(3,23)24;/h4-11H,12-13H2,1-3H3,(H,20,21);1H. The lowest BCUT2D eigenvalue weighted by atomic mass is 10.2. The van der Waals surface area contributed by atoms with Gasteiger partial charge in [-0.3, -0.25) is 4.99 Å². The first-order valence-electron chi connectivity index (χ1n) is 7.75. The number of sulfone groups is 1. The van der Waals surface area contributed by atoms with E-state index in [1.54, 1.807) is 31.3 Å². The number of hydrogen-bond donors (Lipinski definition) is 1. The minimum absolute atomic E-state index is 0. The van der Waals surface area contributed by atoms with E-state index in [-0.39, 0.29) is 24.0 Å². The van der Waals surface area contributed by atoms with Crippen LogP contribution >= 0.6 is 35.6 Å². The molecule has 142 valence electrons. The van der Waals surface area contributed by atoms with Crippen molar-refractivity contribution in [1.29, 1.82) is 0 Å². The Morgan fingerprint density at radius 2 is 1.81 bits per heavy atom. The maximum absolute atomic E-state index is 11.5. The van der Waals surface area contributed by atoms with Crippen LogP contribution in [-0.2, 0) is 22.9 Å². The average molecular weight is 508 g/mol. The van der Waals surface area contributed by atoms with Crippen molar-refractivity contribution >= 4 is 51.4 Å². The third-order valence-corrected chi connectivity index (χ3v) is 5.05. The maximum atomic E-state index is 11.5. The quantitative estimate of drug-likeness (QED) is 0.382. The van der Waals surface area contributed by atoms with Gasteiger partial charge in [-0.05, 0) is 35.4 Å². The molecule has 1 N–H and O–H groups in total. The average Bonchev–Trinajstić information content (AvgIpc) is 2.55. The van der Waals surface area contributed by atoms with Gasteiger partial charge in [0, 0.05) is 38.5 Å². The summed E-state index contributed by atoms with van der Waals surface area (Å²) < 4.78 is 23.0. The van der Waals surface area contributed by atoms with Crippen LogP contribution in [0.3, 0.4) is 0 Å². The van der Waals surface area contributed by atoms with Gasteiger partial charge in [0.1, 0.15) is 0 Å². The van der Waals surface area contributed by atoms with Crippen molar-refractivity contribution in [1.82, 2.24) is 10.2 Å². The molecular weight excluding hydrogens is 485 g/mol. The Balaban J connectivity index is 0.00000338. The minimum Gasteiger partial charge on any atom is -0.352 e. The number of rotatable bonds is 5.